The summed E-state index contributed by atoms with van der Waals surface area (Å²) in [7, 11) is 0. The van der Waals surface area contributed by atoms with Crippen molar-refractivity contribution in [2.45, 2.75) is 20.4 Å². The SMILES string of the molecule is CC1=NN2C(=N)/C(=C/c3cn(Cc4ccc(C)cc4)c4ccccc34)C(=O)N=C2S1. The maximum Gasteiger partial charge on any atom is 0.283 e. The Kier molecular flexibility index (Phi) is 4.40. The van der Waals surface area contributed by atoms with Gasteiger partial charge >= 0.3 is 0 Å². The van der Waals surface area contributed by atoms with Crippen molar-refractivity contribution in [3.05, 3.63) is 77.0 Å². The molecule has 3 heterocycles. The van der Waals surface area contributed by atoms with Crippen molar-refractivity contribution < 1.29 is 4.79 Å². The van der Waals surface area contributed by atoms with Crippen molar-refractivity contribution in [3.63, 3.8) is 0 Å². The maximum atomic E-state index is 12.6. The van der Waals surface area contributed by atoms with Crippen LogP contribution in [0.2, 0.25) is 0 Å². The number of carbonyl (C=O) groups excluding carboxylic acids is 1. The average molecular weight is 414 g/mol. The number of carbonyl (C=O) groups is 1. The third kappa shape index (κ3) is 3.17. The largest absolute Gasteiger partial charge is 0.342 e. The summed E-state index contributed by atoms with van der Waals surface area (Å²) in [6.45, 7) is 4.64. The van der Waals surface area contributed by atoms with E-state index in [1.807, 2.05) is 31.3 Å². The molecule has 30 heavy (non-hydrogen) atoms. The lowest BCUT2D eigenvalue weighted by atomic mass is 10.1. The molecule has 1 amide bonds. The normalized spacial score (nSPS) is 17.5. The molecule has 0 atom stereocenters. The minimum atomic E-state index is -0.404. The van der Waals surface area contributed by atoms with Gasteiger partial charge in [-0.05, 0) is 43.3 Å². The Morgan fingerprint density at radius 1 is 1.10 bits per heavy atom. The van der Waals surface area contributed by atoms with E-state index in [1.54, 1.807) is 6.08 Å². The monoisotopic (exact) mass is 413 g/mol. The van der Waals surface area contributed by atoms with Crippen molar-refractivity contribution in [3.8, 4) is 0 Å². The minimum absolute atomic E-state index is 0.0599. The first-order chi connectivity index (χ1) is 14.5. The second kappa shape index (κ2) is 7.11. The van der Waals surface area contributed by atoms with Gasteiger partial charge in [0.1, 0.15) is 0 Å². The van der Waals surface area contributed by atoms with E-state index in [1.165, 1.54) is 27.9 Å². The molecule has 1 aromatic heterocycles. The molecule has 5 rings (SSSR count). The lowest BCUT2D eigenvalue weighted by Gasteiger charge is -2.20. The van der Waals surface area contributed by atoms with Gasteiger partial charge in [-0.25, -0.2) is 0 Å². The standard InChI is InChI=1S/C23H19N5OS/c1-14-7-9-16(10-8-14)12-27-13-17(18-5-3-4-6-20(18)27)11-19-21(24)28-23(25-22(19)29)30-15(2)26-28/h3-11,13,24H,12H2,1-2H3/b19-11-,24-21?. The van der Waals surface area contributed by atoms with Crippen molar-refractivity contribution in [2.75, 3.05) is 0 Å². The Morgan fingerprint density at radius 2 is 1.87 bits per heavy atom. The topological polar surface area (TPSA) is 73.8 Å². The van der Waals surface area contributed by atoms with E-state index in [2.05, 4.69) is 51.9 Å². The van der Waals surface area contributed by atoms with Crippen molar-refractivity contribution in [1.29, 1.82) is 5.41 Å². The van der Waals surface area contributed by atoms with Crippen LogP contribution < -0.4 is 0 Å². The van der Waals surface area contributed by atoms with Crippen LogP contribution in [0, 0.1) is 12.3 Å². The van der Waals surface area contributed by atoms with Gasteiger partial charge in [0.15, 0.2) is 5.84 Å². The number of rotatable bonds is 3. The van der Waals surface area contributed by atoms with Gasteiger partial charge < -0.3 is 4.57 Å². The van der Waals surface area contributed by atoms with Gasteiger partial charge in [-0.3, -0.25) is 10.2 Å². The molecule has 7 heteroatoms. The number of aliphatic imine (C=N–C) groups is 1. The molecular formula is C23H19N5OS. The fourth-order valence-corrected chi connectivity index (χ4v) is 4.39. The second-order valence-electron chi connectivity index (χ2n) is 7.35. The number of aryl methyl sites for hydroxylation is 1. The smallest absolute Gasteiger partial charge is 0.283 e. The Balaban J connectivity index is 1.57. The molecule has 1 N–H and O–H groups in total. The van der Waals surface area contributed by atoms with Crippen LogP contribution in [0.3, 0.4) is 0 Å². The van der Waals surface area contributed by atoms with Gasteiger partial charge in [-0.2, -0.15) is 15.1 Å². The highest BCUT2D eigenvalue weighted by Crippen LogP contribution is 2.30. The number of para-hydroxylation sites is 1. The number of hydrogen-bond donors (Lipinski definition) is 1. The third-order valence-corrected chi connectivity index (χ3v) is 5.97. The molecule has 0 unspecified atom stereocenters. The molecule has 148 valence electrons. The van der Waals surface area contributed by atoms with Crippen LogP contribution >= 0.6 is 11.8 Å². The van der Waals surface area contributed by atoms with Gasteiger partial charge in [0.2, 0.25) is 5.17 Å². The van der Waals surface area contributed by atoms with Gasteiger partial charge in [0, 0.05) is 29.2 Å². The molecule has 0 radical (unpaired) electrons. The quantitative estimate of drug-likeness (QED) is 0.636. The zero-order chi connectivity index (χ0) is 20.8. The first kappa shape index (κ1) is 18.6. The maximum absolute atomic E-state index is 12.6. The molecule has 3 aromatic rings. The van der Waals surface area contributed by atoms with Crippen LogP contribution in [0.5, 0.6) is 0 Å². The number of fused-ring (bicyclic) bond motifs is 2. The summed E-state index contributed by atoms with van der Waals surface area (Å²) >= 11 is 1.31. The predicted octanol–water partition coefficient (Wildman–Crippen LogP) is 4.64. The molecule has 0 spiro atoms. The molecule has 0 saturated heterocycles. The van der Waals surface area contributed by atoms with Crippen LogP contribution in [-0.2, 0) is 11.3 Å². The minimum Gasteiger partial charge on any atom is -0.342 e. The summed E-state index contributed by atoms with van der Waals surface area (Å²) in [5.41, 5.74) is 4.64. The average Bonchev–Trinajstić information content (AvgIpc) is 3.27. The predicted molar refractivity (Wildman–Crippen MR) is 123 cm³/mol. The summed E-state index contributed by atoms with van der Waals surface area (Å²) in [5.74, 6) is -0.344. The first-order valence-corrected chi connectivity index (χ1v) is 10.4. The number of hydrogen-bond acceptors (Lipinski definition) is 4. The van der Waals surface area contributed by atoms with E-state index >= 15 is 0 Å². The molecule has 2 aliphatic heterocycles. The Labute approximate surface area is 178 Å². The number of aromatic nitrogens is 1. The van der Waals surface area contributed by atoms with E-state index in [0.29, 0.717) is 5.17 Å². The highest BCUT2D eigenvalue weighted by molar-refractivity contribution is 8.26. The van der Waals surface area contributed by atoms with Gasteiger partial charge in [0.05, 0.1) is 10.6 Å². The lowest BCUT2D eigenvalue weighted by molar-refractivity contribution is -0.114. The Morgan fingerprint density at radius 3 is 2.67 bits per heavy atom. The summed E-state index contributed by atoms with van der Waals surface area (Å²) in [5, 5.41) is 16.5. The number of nitrogens with zero attached hydrogens (tertiary/aromatic N) is 4. The number of benzene rings is 2. The first-order valence-electron chi connectivity index (χ1n) is 9.60. The number of nitrogens with one attached hydrogen (secondary N) is 1. The molecule has 0 saturated carbocycles. The Bertz CT molecular complexity index is 1300. The molecule has 2 aromatic carbocycles. The van der Waals surface area contributed by atoms with E-state index in [9.17, 15) is 4.79 Å². The second-order valence-corrected chi connectivity index (χ2v) is 8.51. The van der Waals surface area contributed by atoms with Crippen LogP contribution in [0.15, 0.2) is 70.4 Å². The molecule has 2 aliphatic rings. The van der Waals surface area contributed by atoms with Crippen LogP contribution in [-0.4, -0.2) is 31.5 Å². The summed E-state index contributed by atoms with van der Waals surface area (Å²) in [4.78, 5) is 16.8. The van der Waals surface area contributed by atoms with Gasteiger partial charge in [-0.15, -0.1) is 0 Å². The third-order valence-electron chi connectivity index (χ3n) is 5.15. The zero-order valence-electron chi connectivity index (χ0n) is 16.6. The van der Waals surface area contributed by atoms with Gasteiger partial charge in [-0.1, -0.05) is 48.0 Å². The fourth-order valence-electron chi connectivity index (χ4n) is 3.65. The summed E-state index contributed by atoms with van der Waals surface area (Å²) in [6.07, 6.45) is 3.79. The van der Waals surface area contributed by atoms with Gasteiger partial charge in [0.25, 0.3) is 5.91 Å². The van der Waals surface area contributed by atoms with E-state index in [-0.39, 0.29) is 11.4 Å². The van der Waals surface area contributed by atoms with Crippen LogP contribution in [0.4, 0.5) is 0 Å². The van der Waals surface area contributed by atoms with Crippen molar-refractivity contribution >= 4 is 50.7 Å². The Hall–Kier alpha value is -3.45. The molecule has 0 aliphatic carbocycles. The van der Waals surface area contributed by atoms with Crippen molar-refractivity contribution in [1.82, 2.24) is 9.58 Å². The van der Waals surface area contributed by atoms with Crippen LogP contribution in [0.1, 0.15) is 23.6 Å². The number of amidine groups is 2. The molecular weight excluding hydrogens is 394 g/mol. The van der Waals surface area contributed by atoms with E-state index in [4.69, 9.17) is 5.41 Å². The number of hydrazone groups is 1. The molecule has 0 fully saturated rings. The highest BCUT2D eigenvalue weighted by Gasteiger charge is 2.34. The summed E-state index contributed by atoms with van der Waals surface area (Å²) in [6, 6.07) is 16.6. The number of amides is 1. The number of thioether (sulfide) groups is 1. The van der Waals surface area contributed by atoms with E-state index in [0.717, 1.165) is 28.1 Å². The lowest BCUT2D eigenvalue weighted by Crippen LogP contribution is -2.35. The molecule has 6 nitrogen and oxygen atoms in total. The highest BCUT2D eigenvalue weighted by atomic mass is 32.2. The molecule has 0 bridgehead atoms. The van der Waals surface area contributed by atoms with Crippen molar-refractivity contribution in [2.24, 2.45) is 10.1 Å². The van der Waals surface area contributed by atoms with E-state index < -0.39 is 5.91 Å². The fraction of sp³-hybridized carbons (Fsp3) is 0.130. The zero-order valence-corrected chi connectivity index (χ0v) is 17.4. The summed E-state index contributed by atoms with van der Waals surface area (Å²) < 4.78 is 2.17. The van der Waals surface area contributed by atoms with Crippen LogP contribution in [0.25, 0.3) is 17.0 Å².